The number of rotatable bonds is 4. The molecule has 0 aliphatic rings. The third kappa shape index (κ3) is 2.99. The van der Waals surface area contributed by atoms with Crippen LogP contribution in [0.15, 0.2) is 54.6 Å². The lowest BCUT2D eigenvalue weighted by Crippen LogP contribution is -1.98. The SMILES string of the molecule is C#CC(=O)c1cccc(OCc2ccccc2)c1. The lowest BCUT2D eigenvalue weighted by atomic mass is 10.1. The molecule has 18 heavy (non-hydrogen) atoms. The highest BCUT2D eigenvalue weighted by Gasteiger charge is 2.03. The summed E-state index contributed by atoms with van der Waals surface area (Å²) in [6, 6.07) is 16.7. The average molecular weight is 236 g/mol. The van der Waals surface area contributed by atoms with Gasteiger partial charge >= 0.3 is 0 Å². The summed E-state index contributed by atoms with van der Waals surface area (Å²) in [6.07, 6.45) is 5.08. The van der Waals surface area contributed by atoms with Crippen molar-refractivity contribution in [2.24, 2.45) is 0 Å². The average Bonchev–Trinajstić information content (AvgIpc) is 2.45. The minimum atomic E-state index is -0.333. The first kappa shape index (κ1) is 11.9. The van der Waals surface area contributed by atoms with Crippen LogP contribution < -0.4 is 4.74 Å². The molecule has 2 aromatic carbocycles. The Morgan fingerprint density at radius 2 is 1.89 bits per heavy atom. The highest BCUT2D eigenvalue weighted by Crippen LogP contribution is 2.15. The molecule has 0 aliphatic heterocycles. The van der Waals surface area contributed by atoms with E-state index in [1.54, 1.807) is 24.3 Å². The summed E-state index contributed by atoms with van der Waals surface area (Å²) in [5.74, 6) is 2.39. The van der Waals surface area contributed by atoms with Crippen LogP contribution in [0.1, 0.15) is 15.9 Å². The van der Waals surface area contributed by atoms with Gasteiger partial charge in [0.1, 0.15) is 12.4 Å². The molecule has 0 N–H and O–H groups in total. The normalized spacial score (nSPS) is 9.50. The molecule has 0 spiro atoms. The molecule has 2 aromatic rings. The Hall–Kier alpha value is -2.53. The molecule has 0 heterocycles. The van der Waals surface area contributed by atoms with Crippen molar-refractivity contribution in [2.45, 2.75) is 6.61 Å². The lowest BCUT2D eigenvalue weighted by Gasteiger charge is -2.06. The maximum absolute atomic E-state index is 11.3. The Morgan fingerprint density at radius 1 is 1.11 bits per heavy atom. The van der Waals surface area contributed by atoms with Gasteiger partial charge in [-0.15, -0.1) is 6.42 Å². The zero-order chi connectivity index (χ0) is 12.8. The van der Waals surface area contributed by atoms with Gasteiger partial charge in [-0.05, 0) is 23.6 Å². The maximum atomic E-state index is 11.3. The summed E-state index contributed by atoms with van der Waals surface area (Å²) in [5, 5.41) is 0. The van der Waals surface area contributed by atoms with E-state index >= 15 is 0 Å². The van der Waals surface area contributed by atoms with Crippen LogP contribution >= 0.6 is 0 Å². The number of terminal acetylenes is 1. The van der Waals surface area contributed by atoms with Crippen molar-refractivity contribution in [3.8, 4) is 18.1 Å². The van der Waals surface area contributed by atoms with E-state index in [-0.39, 0.29) is 5.78 Å². The molecular formula is C16H12O2. The van der Waals surface area contributed by atoms with E-state index in [4.69, 9.17) is 11.2 Å². The van der Waals surface area contributed by atoms with E-state index in [1.165, 1.54) is 0 Å². The minimum Gasteiger partial charge on any atom is -0.489 e. The summed E-state index contributed by atoms with van der Waals surface area (Å²) < 4.78 is 5.61. The summed E-state index contributed by atoms with van der Waals surface area (Å²) >= 11 is 0. The number of ether oxygens (including phenoxy) is 1. The van der Waals surface area contributed by atoms with Crippen LogP contribution in [0.3, 0.4) is 0 Å². The molecule has 0 aromatic heterocycles. The summed E-state index contributed by atoms with van der Waals surface area (Å²) in [4.78, 5) is 11.3. The van der Waals surface area contributed by atoms with Crippen molar-refractivity contribution >= 4 is 5.78 Å². The van der Waals surface area contributed by atoms with Crippen molar-refractivity contribution in [1.82, 2.24) is 0 Å². The van der Waals surface area contributed by atoms with Crippen LogP contribution in [0, 0.1) is 12.3 Å². The Morgan fingerprint density at radius 3 is 2.61 bits per heavy atom. The van der Waals surface area contributed by atoms with E-state index < -0.39 is 0 Å². The van der Waals surface area contributed by atoms with E-state index in [0.29, 0.717) is 17.9 Å². The number of ketones is 1. The molecule has 0 unspecified atom stereocenters. The highest BCUT2D eigenvalue weighted by molar-refractivity contribution is 6.08. The molecule has 0 saturated carbocycles. The van der Waals surface area contributed by atoms with Gasteiger partial charge in [0.15, 0.2) is 0 Å². The first-order chi connectivity index (χ1) is 8.79. The number of carbonyl (C=O) groups excluding carboxylic acids is 1. The van der Waals surface area contributed by atoms with Gasteiger partial charge in [-0.25, -0.2) is 0 Å². The molecule has 0 radical (unpaired) electrons. The molecule has 0 atom stereocenters. The molecular weight excluding hydrogens is 224 g/mol. The van der Waals surface area contributed by atoms with E-state index in [1.807, 2.05) is 30.3 Å². The number of carbonyl (C=O) groups is 1. The van der Waals surface area contributed by atoms with E-state index in [9.17, 15) is 4.79 Å². The van der Waals surface area contributed by atoms with Gasteiger partial charge in [0.2, 0.25) is 5.78 Å². The molecule has 88 valence electrons. The molecule has 0 bridgehead atoms. The van der Waals surface area contributed by atoms with Crippen molar-refractivity contribution in [3.63, 3.8) is 0 Å². The van der Waals surface area contributed by atoms with Crippen LogP contribution in [0.5, 0.6) is 5.75 Å². The Balaban J connectivity index is 2.07. The van der Waals surface area contributed by atoms with Gasteiger partial charge in [0, 0.05) is 5.56 Å². The Bertz CT molecular complexity index is 580. The molecule has 2 rings (SSSR count). The number of hydrogen-bond acceptors (Lipinski definition) is 2. The van der Waals surface area contributed by atoms with Crippen LogP contribution in [0.25, 0.3) is 0 Å². The maximum Gasteiger partial charge on any atom is 0.235 e. The zero-order valence-electron chi connectivity index (χ0n) is 9.80. The lowest BCUT2D eigenvalue weighted by molar-refractivity contribution is 0.105. The predicted octanol–water partition coefficient (Wildman–Crippen LogP) is 3.08. The largest absolute Gasteiger partial charge is 0.489 e. The van der Waals surface area contributed by atoms with Gasteiger partial charge < -0.3 is 4.74 Å². The van der Waals surface area contributed by atoms with E-state index in [0.717, 1.165) is 5.56 Å². The third-order valence-corrected chi connectivity index (χ3v) is 2.48. The van der Waals surface area contributed by atoms with Crippen molar-refractivity contribution < 1.29 is 9.53 Å². The molecule has 2 heteroatoms. The minimum absolute atomic E-state index is 0.333. The standard InChI is InChI=1S/C16H12O2/c1-2-16(17)14-9-6-10-15(11-14)18-12-13-7-4-3-5-8-13/h1,3-11H,12H2. The molecule has 0 amide bonds. The molecule has 2 nitrogen and oxygen atoms in total. The number of benzene rings is 2. The second-order valence-electron chi connectivity index (χ2n) is 3.78. The van der Waals surface area contributed by atoms with Gasteiger partial charge in [-0.2, -0.15) is 0 Å². The molecule has 0 fully saturated rings. The first-order valence-corrected chi connectivity index (χ1v) is 5.57. The van der Waals surface area contributed by atoms with Gasteiger partial charge in [-0.3, -0.25) is 4.79 Å². The Kier molecular flexibility index (Phi) is 3.78. The van der Waals surface area contributed by atoms with Crippen molar-refractivity contribution in [1.29, 1.82) is 0 Å². The van der Waals surface area contributed by atoms with E-state index in [2.05, 4.69) is 5.92 Å². The zero-order valence-corrected chi connectivity index (χ0v) is 9.80. The van der Waals surface area contributed by atoms with Crippen LogP contribution in [-0.2, 0) is 6.61 Å². The summed E-state index contributed by atoms with van der Waals surface area (Å²) in [7, 11) is 0. The summed E-state index contributed by atoms with van der Waals surface area (Å²) in [6.45, 7) is 0.467. The fourth-order valence-corrected chi connectivity index (χ4v) is 1.55. The number of hydrogen-bond donors (Lipinski definition) is 0. The van der Waals surface area contributed by atoms with Crippen molar-refractivity contribution in [3.05, 3.63) is 65.7 Å². The smallest absolute Gasteiger partial charge is 0.235 e. The second-order valence-corrected chi connectivity index (χ2v) is 3.78. The van der Waals surface area contributed by atoms with Crippen LogP contribution in [-0.4, -0.2) is 5.78 Å². The number of Topliss-reactive ketones (excluding diaryl/α,β-unsaturated/α-hetero) is 1. The van der Waals surface area contributed by atoms with Crippen molar-refractivity contribution in [2.75, 3.05) is 0 Å². The second kappa shape index (κ2) is 5.70. The summed E-state index contributed by atoms with van der Waals surface area (Å²) in [5.41, 5.74) is 1.55. The molecule has 0 saturated heterocycles. The van der Waals surface area contributed by atoms with Crippen LogP contribution in [0.2, 0.25) is 0 Å². The first-order valence-electron chi connectivity index (χ1n) is 5.57. The predicted molar refractivity (Wildman–Crippen MR) is 70.4 cm³/mol. The third-order valence-electron chi connectivity index (χ3n) is 2.48. The Labute approximate surface area is 106 Å². The van der Waals surface area contributed by atoms with Gasteiger partial charge in [0.05, 0.1) is 0 Å². The fraction of sp³-hybridized carbons (Fsp3) is 0.0625. The van der Waals surface area contributed by atoms with Gasteiger partial charge in [0.25, 0.3) is 0 Å². The fourth-order valence-electron chi connectivity index (χ4n) is 1.55. The highest BCUT2D eigenvalue weighted by atomic mass is 16.5. The molecule has 0 aliphatic carbocycles. The topological polar surface area (TPSA) is 26.3 Å². The van der Waals surface area contributed by atoms with Gasteiger partial charge in [-0.1, -0.05) is 42.5 Å². The quantitative estimate of drug-likeness (QED) is 0.463. The van der Waals surface area contributed by atoms with Crippen LogP contribution in [0.4, 0.5) is 0 Å². The monoisotopic (exact) mass is 236 g/mol.